The standard InChI is InChI=1S/C25H28O6/c1-3-24(26)30-19-7-5-4-6-18-29-22-13-15-23(16-14-22)31-25(27)17-10-20-8-11-21(28-2)12-9-20/h3,8-17H,1,4-7,18-19H2,2H3/b17-10+. The molecule has 0 amide bonds. The monoisotopic (exact) mass is 424 g/mol. The van der Waals surface area contributed by atoms with Gasteiger partial charge in [-0.1, -0.05) is 18.7 Å². The van der Waals surface area contributed by atoms with E-state index in [0.29, 0.717) is 24.7 Å². The van der Waals surface area contributed by atoms with Crippen LogP contribution in [0.25, 0.3) is 6.08 Å². The molecule has 0 radical (unpaired) electrons. The average Bonchev–Trinajstić information content (AvgIpc) is 2.80. The van der Waals surface area contributed by atoms with Crippen molar-refractivity contribution in [1.29, 1.82) is 0 Å². The van der Waals surface area contributed by atoms with Crippen LogP contribution < -0.4 is 14.2 Å². The van der Waals surface area contributed by atoms with Gasteiger partial charge in [-0.3, -0.25) is 0 Å². The van der Waals surface area contributed by atoms with Crippen LogP contribution in [-0.2, 0) is 14.3 Å². The van der Waals surface area contributed by atoms with Crippen molar-refractivity contribution in [3.8, 4) is 17.2 Å². The quantitative estimate of drug-likeness (QED) is 0.195. The van der Waals surface area contributed by atoms with E-state index in [9.17, 15) is 9.59 Å². The summed E-state index contributed by atoms with van der Waals surface area (Å²) in [4.78, 5) is 22.9. The van der Waals surface area contributed by atoms with Crippen molar-refractivity contribution in [1.82, 2.24) is 0 Å². The summed E-state index contributed by atoms with van der Waals surface area (Å²) in [5.41, 5.74) is 0.874. The molecule has 2 aromatic rings. The number of benzene rings is 2. The molecule has 0 aromatic heterocycles. The number of carbonyl (C=O) groups excluding carboxylic acids is 2. The van der Waals surface area contributed by atoms with Crippen molar-refractivity contribution in [2.24, 2.45) is 0 Å². The molecule has 0 heterocycles. The zero-order chi connectivity index (χ0) is 22.3. The summed E-state index contributed by atoms with van der Waals surface area (Å²) in [5, 5.41) is 0. The molecule has 6 nitrogen and oxygen atoms in total. The summed E-state index contributed by atoms with van der Waals surface area (Å²) >= 11 is 0. The van der Waals surface area contributed by atoms with Crippen LogP contribution >= 0.6 is 0 Å². The molecule has 0 bridgehead atoms. The highest BCUT2D eigenvalue weighted by atomic mass is 16.5. The van der Waals surface area contributed by atoms with Crippen molar-refractivity contribution in [3.63, 3.8) is 0 Å². The van der Waals surface area contributed by atoms with Gasteiger partial charge >= 0.3 is 11.9 Å². The number of hydrogen-bond donors (Lipinski definition) is 0. The number of unbranched alkanes of at least 4 members (excludes halogenated alkanes) is 3. The Kier molecular flexibility index (Phi) is 10.4. The van der Waals surface area contributed by atoms with E-state index in [1.807, 2.05) is 24.3 Å². The largest absolute Gasteiger partial charge is 0.497 e. The maximum Gasteiger partial charge on any atom is 0.336 e. The lowest BCUT2D eigenvalue weighted by Crippen LogP contribution is -2.04. The predicted octanol–water partition coefficient (Wildman–Crippen LogP) is 4.98. The first-order valence-electron chi connectivity index (χ1n) is 10.2. The third-order valence-corrected chi connectivity index (χ3v) is 4.29. The van der Waals surface area contributed by atoms with E-state index < -0.39 is 5.97 Å². The van der Waals surface area contributed by atoms with Crippen molar-refractivity contribution in [3.05, 3.63) is 72.8 Å². The minimum absolute atomic E-state index is 0.384. The second-order valence-corrected chi connectivity index (χ2v) is 6.63. The van der Waals surface area contributed by atoms with Crippen molar-refractivity contribution >= 4 is 18.0 Å². The number of methoxy groups -OCH3 is 1. The number of carbonyl (C=O) groups is 2. The van der Waals surface area contributed by atoms with Gasteiger partial charge in [0, 0.05) is 12.2 Å². The first kappa shape index (κ1) is 23.7. The van der Waals surface area contributed by atoms with E-state index >= 15 is 0 Å². The molecule has 0 atom stereocenters. The maximum absolute atomic E-state index is 12.0. The van der Waals surface area contributed by atoms with E-state index in [1.54, 1.807) is 37.5 Å². The molecule has 0 saturated carbocycles. The molecule has 164 valence electrons. The minimum atomic E-state index is -0.455. The Hall–Kier alpha value is -3.54. The Morgan fingerprint density at radius 1 is 0.806 bits per heavy atom. The van der Waals surface area contributed by atoms with Gasteiger partial charge in [-0.2, -0.15) is 0 Å². The number of hydrogen-bond acceptors (Lipinski definition) is 6. The van der Waals surface area contributed by atoms with Gasteiger partial charge in [0.2, 0.25) is 0 Å². The fourth-order valence-electron chi connectivity index (χ4n) is 2.61. The van der Waals surface area contributed by atoms with E-state index in [4.69, 9.17) is 18.9 Å². The molecule has 31 heavy (non-hydrogen) atoms. The normalized spacial score (nSPS) is 10.5. The van der Waals surface area contributed by atoms with Gasteiger partial charge < -0.3 is 18.9 Å². The lowest BCUT2D eigenvalue weighted by Gasteiger charge is -2.07. The second-order valence-electron chi connectivity index (χ2n) is 6.63. The molecule has 0 aliphatic carbocycles. The van der Waals surface area contributed by atoms with Crippen LogP contribution in [-0.4, -0.2) is 32.3 Å². The van der Waals surface area contributed by atoms with Gasteiger partial charge in [-0.25, -0.2) is 9.59 Å². The predicted molar refractivity (Wildman–Crippen MR) is 119 cm³/mol. The molecule has 0 aliphatic heterocycles. The smallest absolute Gasteiger partial charge is 0.336 e. The van der Waals surface area contributed by atoms with Crippen LogP contribution in [0.5, 0.6) is 17.2 Å². The molecular formula is C25H28O6. The molecule has 0 saturated heterocycles. The Balaban J connectivity index is 1.63. The van der Waals surface area contributed by atoms with Crippen molar-refractivity contribution in [2.45, 2.75) is 25.7 Å². The highest BCUT2D eigenvalue weighted by Gasteiger charge is 2.02. The molecular weight excluding hydrogens is 396 g/mol. The number of rotatable bonds is 13. The average molecular weight is 424 g/mol. The van der Waals surface area contributed by atoms with Gasteiger partial charge in [0.05, 0.1) is 20.3 Å². The number of ether oxygens (including phenoxy) is 4. The molecule has 2 aromatic carbocycles. The van der Waals surface area contributed by atoms with Gasteiger partial charge in [-0.15, -0.1) is 0 Å². The summed E-state index contributed by atoms with van der Waals surface area (Å²) < 4.78 is 21.0. The third-order valence-electron chi connectivity index (χ3n) is 4.29. The molecule has 0 unspecified atom stereocenters. The highest BCUT2D eigenvalue weighted by molar-refractivity contribution is 5.88. The molecule has 6 heteroatoms. The first-order valence-corrected chi connectivity index (χ1v) is 10.2. The third kappa shape index (κ3) is 9.67. The Bertz CT molecular complexity index is 853. The van der Waals surface area contributed by atoms with E-state index in [-0.39, 0.29) is 5.97 Å². The Labute approximate surface area is 183 Å². The zero-order valence-corrected chi connectivity index (χ0v) is 17.8. The molecule has 0 N–H and O–H groups in total. The lowest BCUT2D eigenvalue weighted by atomic mass is 10.2. The Morgan fingerprint density at radius 2 is 1.42 bits per heavy atom. The van der Waals surface area contributed by atoms with Crippen LogP contribution in [0, 0.1) is 0 Å². The fraction of sp³-hybridized carbons (Fsp3) is 0.280. The van der Waals surface area contributed by atoms with Crippen LogP contribution in [0.15, 0.2) is 67.3 Å². The first-order chi connectivity index (χ1) is 15.1. The van der Waals surface area contributed by atoms with E-state index in [0.717, 1.165) is 37.0 Å². The molecule has 2 rings (SSSR count). The maximum atomic E-state index is 12.0. The van der Waals surface area contributed by atoms with Gasteiger partial charge in [0.1, 0.15) is 17.2 Å². The number of esters is 2. The van der Waals surface area contributed by atoms with E-state index in [2.05, 4.69) is 6.58 Å². The molecule has 0 spiro atoms. The topological polar surface area (TPSA) is 71.1 Å². The zero-order valence-electron chi connectivity index (χ0n) is 17.8. The van der Waals surface area contributed by atoms with Gasteiger partial charge in [-0.05, 0) is 73.7 Å². The van der Waals surface area contributed by atoms with Crippen LogP contribution in [0.2, 0.25) is 0 Å². The summed E-state index contributed by atoms with van der Waals surface area (Å²) in [5.74, 6) is 1.09. The summed E-state index contributed by atoms with van der Waals surface area (Å²) in [6, 6.07) is 14.3. The van der Waals surface area contributed by atoms with Crippen molar-refractivity contribution in [2.75, 3.05) is 20.3 Å². The summed E-state index contributed by atoms with van der Waals surface area (Å²) in [6.45, 7) is 4.36. The molecule has 0 aliphatic rings. The van der Waals surface area contributed by atoms with Gasteiger partial charge in [0.15, 0.2) is 0 Å². The van der Waals surface area contributed by atoms with Gasteiger partial charge in [0.25, 0.3) is 0 Å². The summed E-state index contributed by atoms with van der Waals surface area (Å²) in [7, 11) is 1.60. The summed E-state index contributed by atoms with van der Waals surface area (Å²) in [6.07, 6.45) is 7.91. The molecule has 0 fully saturated rings. The highest BCUT2D eigenvalue weighted by Crippen LogP contribution is 2.18. The lowest BCUT2D eigenvalue weighted by molar-refractivity contribution is -0.137. The van der Waals surface area contributed by atoms with Crippen LogP contribution in [0.3, 0.4) is 0 Å². The van der Waals surface area contributed by atoms with Crippen molar-refractivity contribution < 1.29 is 28.5 Å². The Morgan fingerprint density at radius 3 is 2.06 bits per heavy atom. The fourth-order valence-corrected chi connectivity index (χ4v) is 2.61. The minimum Gasteiger partial charge on any atom is -0.497 e. The second kappa shape index (κ2) is 13.6. The van der Waals surface area contributed by atoms with Crippen LogP contribution in [0.4, 0.5) is 0 Å². The SMILES string of the molecule is C=CC(=O)OCCCCCCOc1ccc(OC(=O)/C=C/c2ccc(OC)cc2)cc1. The van der Waals surface area contributed by atoms with E-state index in [1.165, 1.54) is 12.2 Å². The van der Waals surface area contributed by atoms with Crippen LogP contribution in [0.1, 0.15) is 31.2 Å².